The van der Waals surface area contributed by atoms with Crippen LogP contribution in [0, 0.1) is 0 Å². The number of carbonyl (C=O) groups excluding carboxylic acids is 2. The Morgan fingerprint density at radius 3 is 2.33 bits per heavy atom. The van der Waals surface area contributed by atoms with Crippen LogP contribution in [-0.4, -0.2) is 32.8 Å². The van der Waals surface area contributed by atoms with E-state index in [4.69, 9.17) is 10.2 Å². The quantitative estimate of drug-likeness (QED) is 0.710. The van der Waals surface area contributed by atoms with E-state index in [0.717, 1.165) is 10.8 Å². The van der Waals surface area contributed by atoms with Crippen molar-refractivity contribution >= 4 is 30.9 Å². The van der Waals surface area contributed by atoms with Crippen LogP contribution in [0.3, 0.4) is 0 Å². The number of nitrogens with two attached hydrogens (primary N) is 1. The molecule has 0 aliphatic rings. The summed E-state index contributed by atoms with van der Waals surface area (Å²) in [5.74, 6) is -0.861. The standard InChI is InChI=1S/C21H30N2O3Si/c1-21(2,3)27(4,5)26-13-12-18(19(22)24)23-20(25)17-11-10-15-8-6-7-9-16(15)14-17/h6-11,14,18H,12-13H2,1-5H3,(H2,22,24)(H,23,25)/t18-/m1/s1. The minimum absolute atomic E-state index is 0.0869. The number of hydrogen-bond acceptors (Lipinski definition) is 3. The van der Waals surface area contributed by atoms with Gasteiger partial charge in [0.15, 0.2) is 8.32 Å². The van der Waals surface area contributed by atoms with Crippen LogP contribution < -0.4 is 11.1 Å². The van der Waals surface area contributed by atoms with Gasteiger partial charge in [0.05, 0.1) is 0 Å². The fourth-order valence-electron chi connectivity index (χ4n) is 2.51. The predicted octanol–water partition coefficient (Wildman–Crippen LogP) is 3.84. The van der Waals surface area contributed by atoms with E-state index in [0.29, 0.717) is 18.6 Å². The lowest BCUT2D eigenvalue weighted by Gasteiger charge is -2.36. The van der Waals surface area contributed by atoms with Crippen molar-refractivity contribution in [1.29, 1.82) is 0 Å². The van der Waals surface area contributed by atoms with E-state index in [2.05, 4.69) is 39.2 Å². The van der Waals surface area contributed by atoms with Crippen molar-refractivity contribution < 1.29 is 14.0 Å². The molecule has 2 aromatic carbocycles. The molecule has 0 aromatic heterocycles. The number of hydrogen-bond donors (Lipinski definition) is 2. The summed E-state index contributed by atoms with van der Waals surface area (Å²) in [6.45, 7) is 11.2. The molecule has 3 N–H and O–H groups in total. The third-order valence-electron chi connectivity index (χ3n) is 5.34. The molecule has 2 aromatic rings. The van der Waals surface area contributed by atoms with Crippen molar-refractivity contribution in [3.05, 3.63) is 48.0 Å². The highest BCUT2D eigenvalue weighted by molar-refractivity contribution is 6.74. The van der Waals surface area contributed by atoms with Crippen molar-refractivity contribution in [2.45, 2.75) is 51.4 Å². The summed E-state index contributed by atoms with van der Waals surface area (Å²) in [5.41, 5.74) is 6.00. The summed E-state index contributed by atoms with van der Waals surface area (Å²) < 4.78 is 6.10. The van der Waals surface area contributed by atoms with Crippen LogP contribution in [0.25, 0.3) is 10.8 Å². The maximum absolute atomic E-state index is 12.6. The maximum atomic E-state index is 12.6. The Bertz CT molecular complexity index is 828. The normalized spacial score (nSPS) is 13.4. The highest BCUT2D eigenvalue weighted by atomic mass is 28.4. The number of rotatable bonds is 7. The van der Waals surface area contributed by atoms with Gasteiger partial charge in [0, 0.05) is 12.2 Å². The van der Waals surface area contributed by atoms with E-state index in [1.807, 2.05) is 36.4 Å². The molecule has 0 radical (unpaired) electrons. The molecule has 27 heavy (non-hydrogen) atoms. The highest BCUT2D eigenvalue weighted by Crippen LogP contribution is 2.36. The number of amides is 2. The summed E-state index contributed by atoms with van der Waals surface area (Å²) in [4.78, 5) is 24.4. The van der Waals surface area contributed by atoms with Gasteiger partial charge in [-0.25, -0.2) is 0 Å². The van der Waals surface area contributed by atoms with Crippen molar-refractivity contribution in [2.24, 2.45) is 5.73 Å². The lowest BCUT2D eigenvalue weighted by atomic mass is 10.1. The average molecular weight is 387 g/mol. The van der Waals surface area contributed by atoms with Gasteiger partial charge in [-0.3, -0.25) is 9.59 Å². The van der Waals surface area contributed by atoms with Crippen LogP contribution in [-0.2, 0) is 9.22 Å². The molecule has 5 nitrogen and oxygen atoms in total. The van der Waals surface area contributed by atoms with Crippen LogP contribution in [0.15, 0.2) is 42.5 Å². The predicted molar refractivity (Wildman–Crippen MR) is 112 cm³/mol. The Morgan fingerprint density at radius 2 is 1.74 bits per heavy atom. The zero-order chi connectivity index (χ0) is 20.2. The first-order chi connectivity index (χ1) is 12.5. The smallest absolute Gasteiger partial charge is 0.251 e. The lowest BCUT2D eigenvalue weighted by molar-refractivity contribution is -0.120. The van der Waals surface area contributed by atoms with Gasteiger partial charge in [-0.15, -0.1) is 0 Å². The van der Waals surface area contributed by atoms with Crippen LogP contribution >= 0.6 is 0 Å². The van der Waals surface area contributed by atoms with Crippen molar-refractivity contribution in [2.75, 3.05) is 6.61 Å². The molecular formula is C21H30N2O3Si. The molecule has 6 heteroatoms. The molecule has 1 atom stereocenters. The summed E-state index contributed by atoms with van der Waals surface area (Å²) in [6.07, 6.45) is 0.362. The van der Waals surface area contributed by atoms with Gasteiger partial charge in [0.25, 0.3) is 5.91 Å². The number of primary amides is 1. The summed E-state index contributed by atoms with van der Waals surface area (Å²) in [7, 11) is -1.91. The summed E-state index contributed by atoms with van der Waals surface area (Å²) >= 11 is 0. The number of fused-ring (bicyclic) bond motifs is 1. The number of nitrogens with one attached hydrogen (secondary N) is 1. The number of carbonyl (C=O) groups is 2. The maximum Gasteiger partial charge on any atom is 0.251 e. The second-order valence-electron chi connectivity index (χ2n) is 8.39. The van der Waals surface area contributed by atoms with Gasteiger partial charge < -0.3 is 15.5 Å². The molecule has 0 heterocycles. The van der Waals surface area contributed by atoms with Crippen LogP contribution in [0.1, 0.15) is 37.6 Å². The Hall–Kier alpha value is -2.18. The first kappa shape index (κ1) is 21.1. The van der Waals surface area contributed by atoms with Crippen LogP contribution in [0.5, 0.6) is 0 Å². The first-order valence-corrected chi connectivity index (χ1v) is 12.1. The summed E-state index contributed by atoms with van der Waals surface area (Å²) in [6, 6.07) is 12.5. The molecule has 0 aliphatic carbocycles. The van der Waals surface area contributed by atoms with E-state index in [-0.39, 0.29) is 10.9 Å². The zero-order valence-electron chi connectivity index (χ0n) is 16.8. The molecular weight excluding hydrogens is 356 g/mol. The average Bonchev–Trinajstić information content (AvgIpc) is 2.59. The van der Waals surface area contributed by atoms with Crippen molar-refractivity contribution in [3.63, 3.8) is 0 Å². The topological polar surface area (TPSA) is 81.4 Å². The molecule has 0 fully saturated rings. The summed E-state index contributed by atoms with van der Waals surface area (Å²) in [5, 5.41) is 4.86. The molecule has 0 saturated heterocycles. The molecule has 146 valence electrons. The third-order valence-corrected chi connectivity index (χ3v) is 9.87. The van der Waals surface area contributed by atoms with E-state index < -0.39 is 20.3 Å². The Balaban J connectivity index is 2.02. The monoisotopic (exact) mass is 386 g/mol. The lowest BCUT2D eigenvalue weighted by Crippen LogP contribution is -2.47. The van der Waals surface area contributed by atoms with Crippen molar-refractivity contribution in [3.8, 4) is 0 Å². The number of benzene rings is 2. The molecule has 0 spiro atoms. The second kappa shape index (κ2) is 8.23. The van der Waals surface area contributed by atoms with E-state index in [1.54, 1.807) is 6.07 Å². The van der Waals surface area contributed by atoms with E-state index >= 15 is 0 Å². The van der Waals surface area contributed by atoms with Crippen LogP contribution in [0.4, 0.5) is 0 Å². The fourth-order valence-corrected chi connectivity index (χ4v) is 3.57. The molecule has 0 unspecified atom stereocenters. The van der Waals surface area contributed by atoms with E-state index in [9.17, 15) is 9.59 Å². The Morgan fingerprint density at radius 1 is 1.11 bits per heavy atom. The van der Waals surface area contributed by atoms with Gasteiger partial charge in [-0.05, 0) is 47.5 Å². The first-order valence-electron chi connectivity index (χ1n) is 9.24. The van der Waals surface area contributed by atoms with Gasteiger partial charge >= 0.3 is 0 Å². The minimum Gasteiger partial charge on any atom is -0.417 e. The second-order valence-corrected chi connectivity index (χ2v) is 13.2. The Labute approximate surface area is 162 Å². The fraction of sp³-hybridized carbons (Fsp3) is 0.429. The minimum atomic E-state index is -1.91. The molecule has 0 bridgehead atoms. The highest BCUT2D eigenvalue weighted by Gasteiger charge is 2.37. The zero-order valence-corrected chi connectivity index (χ0v) is 17.8. The van der Waals surface area contributed by atoms with Gasteiger partial charge in [-0.2, -0.15) is 0 Å². The van der Waals surface area contributed by atoms with Gasteiger partial charge in [0.2, 0.25) is 5.91 Å². The SMILES string of the molecule is CC(C)(C)[Si](C)(C)OCC[C@@H](NC(=O)c1ccc2ccccc2c1)C(N)=O. The van der Waals surface area contributed by atoms with Gasteiger partial charge in [0.1, 0.15) is 6.04 Å². The Kier molecular flexibility index (Phi) is 6.44. The molecule has 2 amide bonds. The van der Waals surface area contributed by atoms with Crippen molar-refractivity contribution in [1.82, 2.24) is 5.32 Å². The largest absolute Gasteiger partial charge is 0.417 e. The molecule has 2 rings (SSSR count). The van der Waals surface area contributed by atoms with Gasteiger partial charge in [-0.1, -0.05) is 51.1 Å². The molecule has 0 aliphatic heterocycles. The molecule has 0 saturated carbocycles. The van der Waals surface area contributed by atoms with E-state index in [1.165, 1.54) is 0 Å². The van der Waals surface area contributed by atoms with Crippen LogP contribution in [0.2, 0.25) is 18.1 Å². The third kappa shape index (κ3) is 5.40.